The molecule has 1 aromatic heterocycles. The van der Waals surface area contributed by atoms with Gasteiger partial charge in [-0.05, 0) is 43.7 Å². The summed E-state index contributed by atoms with van der Waals surface area (Å²) in [6, 6.07) is 5.79. The monoisotopic (exact) mass is 311 g/mol. The second kappa shape index (κ2) is 7.11. The van der Waals surface area contributed by atoms with Gasteiger partial charge in [-0.2, -0.15) is 5.10 Å². The van der Waals surface area contributed by atoms with E-state index in [1.54, 1.807) is 6.07 Å². The maximum Gasteiger partial charge on any atom is 0.0674 e. The van der Waals surface area contributed by atoms with Crippen molar-refractivity contribution in [2.75, 3.05) is 6.54 Å². The van der Waals surface area contributed by atoms with Crippen LogP contribution in [0.25, 0.3) is 0 Å². The highest BCUT2D eigenvalue weighted by molar-refractivity contribution is 6.33. The Kier molecular flexibility index (Phi) is 5.46. The normalized spacial score (nSPS) is 12.6. The Morgan fingerprint density at radius 1 is 1.35 bits per heavy atom. The predicted molar refractivity (Wildman–Crippen MR) is 84.5 cm³/mol. The summed E-state index contributed by atoms with van der Waals surface area (Å²) in [5.74, 6) is 0. The van der Waals surface area contributed by atoms with Crippen molar-refractivity contribution < 1.29 is 0 Å². The molecule has 20 heavy (non-hydrogen) atoms. The van der Waals surface area contributed by atoms with Crippen molar-refractivity contribution in [3.8, 4) is 0 Å². The summed E-state index contributed by atoms with van der Waals surface area (Å²) in [7, 11) is 0. The van der Waals surface area contributed by atoms with Crippen LogP contribution in [-0.2, 0) is 6.54 Å². The minimum Gasteiger partial charge on any atom is -0.310 e. The lowest BCUT2D eigenvalue weighted by atomic mass is 10.2. The Bertz CT molecular complexity index is 566. The molecular formula is C15H19Cl2N3. The molecule has 1 heterocycles. The van der Waals surface area contributed by atoms with Gasteiger partial charge in [0, 0.05) is 27.8 Å². The number of aromatic nitrogens is 2. The average molecular weight is 312 g/mol. The first-order valence-corrected chi connectivity index (χ1v) is 7.55. The first-order chi connectivity index (χ1) is 9.60. The molecular weight excluding hydrogens is 293 g/mol. The van der Waals surface area contributed by atoms with Crippen LogP contribution in [0.1, 0.15) is 37.4 Å². The largest absolute Gasteiger partial charge is 0.310 e. The molecule has 0 spiro atoms. The fourth-order valence-corrected chi connectivity index (χ4v) is 2.38. The van der Waals surface area contributed by atoms with Gasteiger partial charge in [0.2, 0.25) is 0 Å². The number of benzene rings is 1. The summed E-state index contributed by atoms with van der Waals surface area (Å²) in [4.78, 5) is 0. The van der Waals surface area contributed by atoms with Gasteiger partial charge < -0.3 is 5.32 Å². The molecule has 0 aliphatic carbocycles. The van der Waals surface area contributed by atoms with Crippen LogP contribution < -0.4 is 5.32 Å². The fraction of sp³-hybridized carbons (Fsp3) is 0.400. The molecule has 1 unspecified atom stereocenters. The average Bonchev–Trinajstić information content (AvgIpc) is 2.89. The van der Waals surface area contributed by atoms with Crippen molar-refractivity contribution in [3.63, 3.8) is 0 Å². The zero-order chi connectivity index (χ0) is 14.5. The van der Waals surface area contributed by atoms with Gasteiger partial charge in [-0.25, -0.2) is 0 Å². The Morgan fingerprint density at radius 3 is 2.90 bits per heavy atom. The maximum atomic E-state index is 6.17. The molecule has 1 atom stereocenters. The SMILES string of the molecule is CCCNC(C)c1cnn(Cc2cc(Cl)ccc2Cl)c1. The van der Waals surface area contributed by atoms with Gasteiger partial charge in [-0.15, -0.1) is 0 Å². The summed E-state index contributed by atoms with van der Waals surface area (Å²) in [5.41, 5.74) is 2.15. The lowest BCUT2D eigenvalue weighted by molar-refractivity contribution is 0.569. The van der Waals surface area contributed by atoms with Crippen LogP contribution in [0.5, 0.6) is 0 Å². The number of nitrogens with one attached hydrogen (secondary N) is 1. The second-order valence-corrected chi connectivity index (χ2v) is 5.73. The van der Waals surface area contributed by atoms with E-state index < -0.39 is 0 Å². The van der Waals surface area contributed by atoms with Crippen LogP contribution in [0.2, 0.25) is 10.0 Å². The number of hydrogen-bond acceptors (Lipinski definition) is 2. The molecule has 3 nitrogen and oxygen atoms in total. The zero-order valence-corrected chi connectivity index (χ0v) is 13.2. The number of rotatable bonds is 6. The Balaban J connectivity index is 2.07. The van der Waals surface area contributed by atoms with E-state index in [0.717, 1.165) is 18.5 Å². The maximum absolute atomic E-state index is 6.17. The summed E-state index contributed by atoms with van der Waals surface area (Å²) in [6.07, 6.45) is 5.06. The molecule has 2 rings (SSSR count). The van der Waals surface area contributed by atoms with Crippen LogP contribution in [0, 0.1) is 0 Å². The minimum absolute atomic E-state index is 0.304. The van der Waals surface area contributed by atoms with E-state index in [2.05, 4.69) is 24.3 Å². The molecule has 1 aromatic carbocycles. The lowest BCUT2D eigenvalue weighted by Gasteiger charge is -2.10. The van der Waals surface area contributed by atoms with Crippen LogP contribution in [-0.4, -0.2) is 16.3 Å². The Labute approximate surface area is 129 Å². The van der Waals surface area contributed by atoms with E-state index in [0.29, 0.717) is 22.6 Å². The molecule has 0 fully saturated rings. The molecule has 2 aromatic rings. The smallest absolute Gasteiger partial charge is 0.0674 e. The Morgan fingerprint density at radius 2 is 2.15 bits per heavy atom. The van der Waals surface area contributed by atoms with Gasteiger partial charge in [0.1, 0.15) is 0 Å². The highest BCUT2D eigenvalue weighted by atomic mass is 35.5. The molecule has 1 N–H and O–H groups in total. The van der Waals surface area contributed by atoms with Gasteiger partial charge in [-0.3, -0.25) is 4.68 Å². The quantitative estimate of drug-likeness (QED) is 0.862. The molecule has 0 amide bonds. The van der Waals surface area contributed by atoms with E-state index in [1.165, 1.54) is 5.56 Å². The molecule has 5 heteroatoms. The minimum atomic E-state index is 0.304. The van der Waals surface area contributed by atoms with Crippen molar-refractivity contribution in [3.05, 3.63) is 51.8 Å². The summed E-state index contributed by atoms with van der Waals surface area (Å²) in [5, 5.41) is 9.23. The van der Waals surface area contributed by atoms with Crippen molar-refractivity contribution in [2.45, 2.75) is 32.9 Å². The van der Waals surface area contributed by atoms with E-state index in [-0.39, 0.29) is 0 Å². The fourth-order valence-electron chi connectivity index (χ4n) is 2.01. The van der Waals surface area contributed by atoms with Crippen LogP contribution in [0.3, 0.4) is 0 Å². The van der Waals surface area contributed by atoms with Crippen molar-refractivity contribution in [1.29, 1.82) is 0 Å². The lowest BCUT2D eigenvalue weighted by Crippen LogP contribution is -2.18. The standard InChI is InChI=1S/C15H19Cl2N3/c1-3-6-18-11(2)13-8-19-20(10-13)9-12-7-14(16)4-5-15(12)17/h4-5,7-8,10-11,18H,3,6,9H2,1-2H3. The van der Waals surface area contributed by atoms with Gasteiger partial charge in [0.05, 0.1) is 12.7 Å². The molecule has 108 valence electrons. The van der Waals surface area contributed by atoms with Crippen molar-refractivity contribution >= 4 is 23.2 Å². The number of nitrogens with zero attached hydrogens (tertiary/aromatic N) is 2. The summed E-state index contributed by atoms with van der Waals surface area (Å²) in [6.45, 7) is 5.93. The van der Waals surface area contributed by atoms with Crippen molar-refractivity contribution in [2.24, 2.45) is 0 Å². The third-order valence-electron chi connectivity index (χ3n) is 3.19. The number of halogens is 2. The first kappa shape index (κ1) is 15.4. The Hall–Kier alpha value is -1.03. The molecule has 0 saturated heterocycles. The van der Waals surface area contributed by atoms with Gasteiger partial charge in [-0.1, -0.05) is 30.1 Å². The number of hydrogen-bond donors (Lipinski definition) is 1. The third-order valence-corrected chi connectivity index (χ3v) is 3.80. The van der Waals surface area contributed by atoms with Crippen molar-refractivity contribution in [1.82, 2.24) is 15.1 Å². The molecule has 0 aliphatic heterocycles. The van der Waals surface area contributed by atoms with Crippen LogP contribution in [0.15, 0.2) is 30.6 Å². The van der Waals surface area contributed by atoms with Crippen LogP contribution >= 0.6 is 23.2 Å². The predicted octanol–water partition coefficient (Wildman–Crippen LogP) is 4.30. The van der Waals surface area contributed by atoms with E-state index in [9.17, 15) is 0 Å². The van der Waals surface area contributed by atoms with E-state index >= 15 is 0 Å². The molecule has 0 radical (unpaired) electrons. The van der Waals surface area contributed by atoms with Gasteiger partial charge >= 0.3 is 0 Å². The summed E-state index contributed by atoms with van der Waals surface area (Å²) >= 11 is 12.2. The molecule has 0 aliphatic rings. The highest BCUT2D eigenvalue weighted by Crippen LogP contribution is 2.22. The molecule has 0 bridgehead atoms. The van der Waals surface area contributed by atoms with E-state index in [4.69, 9.17) is 23.2 Å². The topological polar surface area (TPSA) is 29.9 Å². The summed E-state index contributed by atoms with van der Waals surface area (Å²) < 4.78 is 1.89. The van der Waals surface area contributed by atoms with Gasteiger partial charge in [0.15, 0.2) is 0 Å². The first-order valence-electron chi connectivity index (χ1n) is 6.79. The molecule has 0 saturated carbocycles. The third kappa shape index (κ3) is 3.98. The van der Waals surface area contributed by atoms with Gasteiger partial charge in [0.25, 0.3) is 0 Å². The zero-order valence-electron chi connectivity index (χ0n) is 11.7. The van der Waals surface area contributed by atoms with E-state index in [1.807, 2.05) is 29.2 Å². The van der Waals surface area contributed by atoms with Crippen LogP contribution in [0.4, 0.5) is 0 Å². The highest BCUT2D eigenvalue weighted by Gasteiger charge is 2.08. The second-order valence-electron chi connectivity index (χ2n) is 4.88.